The largest absolute Gasteiger partial charge is 0.334 e. The Morgan fingerprint density at radius 2 is 1.41 bits per heavy atom. The predicted molar refractivity (Wildman–Crippen MR) is 87.2 cm³/mol. The smallest absolute Gasteiger partial charge is 0.320 e. The normalized spacial score (nSPS) is 19.9. The summed E-state index contributed by atoms with van der Waals surface area (Å²) in [4.78, 5) is 31.4. The molecule has 0 aliphatic carbocycles. The minimum absolute atomic E-state index is 0.0943. The lowest BCUT2D eigenvalue weighted by atomic mass is 10.2. The molecule has 1 aromatic rings. The summed E-state index contributed by atoms with van der Waals surface area (Å²) in [5.74, 6) is 0.0943. The van der Waals surface area contributed by atoms with E-state index < -0.39 is 0 Å². The van der Waals surface area contributed by atoms with Gasteiger partial charge < -0.3 is 14.7 Å². The Kier molecular flexibility index (Phi) is 4.97. The average molecular weight is 321 g/mol. The fourth-order valence-corrected chi connectivity index (χ4v) is 3.81. The Bertz CT molecular complexity index is 501. The van der Waals surface area contributed by atoms with Crippen LogP contribution >= 0.6 is 11.3 Å². The number of hydrogen-bond donors (Lipinski definition) is 0. The zero-order chi connectivity index (χ0) is 15.4. The molecule has 2 aliphatic rings. The van der Waals surface area contributed by atoms with E-state index in [1.165, 1.54) is 24.2 Å². The van der Waals surface area contributed by atoms with Gasteiger partial charge in [-0.05, 0) is 24.3 Å². The molecule has 2 saturated heterocycles. The molecule has 120 valence electrons. The number of amides is 3. The second-order valence-electron chi connectivity index (χ2n) is 5.94. The van der Waals surface area contributed by atoms with Crippen LogP contribution in [0.3, 0.4) is 0 Å². The lowest BCUT2D eigenvalue weighted by molar-refractivity contribution is 0.0644. The zero-order valence-electron chi connectivity index (χ0n) is 12.9. The van der Waals surface area contributed by atoms with Crippen LogP contribution in [0.25, 0.3) is 0 Å². The van der Waals surface area contributed by atoms with E-state index in [4.69, 9.17) is 0 Å². The Balaban J connectivity index is 1.52. The number of urea groups is 1. The third-order valence-electron chi connectivity index (χ3n) is 4.45. The van der Waals surface area contributed by atoms with Crippen molar-refractivity contribution in [1.82, 2.24) is 14.7 Å². The summed E-state index contributed by atoms with van der Waals surface area (Å²) in [5, 5.41) is 1.92. The first-order chi connectivity index (χ1) is 10.8. The van der Waals surface area contributed by atoms with E-state index >= 15 is 0 Å². The van der Waals surface area contributed by atoms with E-state index in [1.54, 1.807) is 0 Å². The van der Waals surface area contributed by atoms with Gasteiger partial charge >= 0.3 is 6.03 Å². The third-order valence-corrected chi connectivity index (χ3v) is 5.30. The monoisotopic (exact) mass is 321 g/mol. The highest BCUT2D eigenvalue weighted by Gasteiger charge is 2.28. The summed E-state index contributed by atoms with van der Waals surface area (Å²) in [6.45, 7) is 4.33. The number of hydrogen-bond acceptors (Lipinski definition) is 3. The molecule has 0 unspecified atom stereocenters. The zero-order valence-corrected chi connectivity index (χ0v) is 13.7. The molecule has 2 fully saturated rings. The molecule has 5 nitrogen and oxygen atoms in total. The van der Waals surface area contributed by atoms with E-state index in [0.717, 1.165) is 30.8 Å². The minimum Gasteiger partial charge on any atom is -0.334 e. The van der Waals surface area contributed by atoms with Gasteiger partial charge in [0.2, 0.25) is 0 Å². The lowest BCUT2D eigenvalue weighted by Crippen LogP contribution is -2.54. The third kappa shape index (κ3) is 3.43. The molecule has 0 saturated carbocycles. The number of rotatable bonds is 1. The molecular formula is C16H23N3O2S. The molecule has 3 rings (SSSR count). The number of carbonyl (C=O) groups is 2. The van der Waals surface area contributed by atoms with Gasteiger partial charge in [-0.1, -0.05) is 18.9 Å². The first kappa shape index (κ1) is 15.3. The summed E-state index contributed by atoms with van der Waals surface area (Å²) in [6.07, 6.45) is 4.69. The van der Waals surface area contributed by atoms with Crippen LogP contribution in [0.2, 0.25) is 0 Å². The van der Waals surface area contributed by atoms with Gasteiger partial charge in [-0.2, -0.15) is 0 Å². The molecule has 22 heavy (non-hydrogen) atoms. The second-order valence-corrected chi connectivity index (χ2v) is 6.89. The SMILES string of the molecule is O=C(c1cccs1)N1CCN(C(=O)N2CCCCCC2)CC1. The number of piperazine rings is 1. The van der Waals surface area contributed by atoms with Gasteiger partial charge in [-0.3, -0.25) is 4.79 Å². The average Bonchev–Trinajstić information content (AvgIpc) is 2.96. The van der Waals surface area contributed by atoms with Crippen LogP contribution in [0.4, 0.5) is 4.79 Å². The lowest BCUT2D eigenvalue weighted by Gasteiger charge is -2.37. The van der Waals surface area contributed by atoms with Crippen LogP contribution in [0, 0.1) is 0 Å². The first-order valence-corrected chi connectivity index (χ1v) is 9.00. The topological polar surface area (TPSA) is 43.9 Å². The fraction of sp³-hybridized carbons (Fsp3) is 0.625. The van der Waals surface area contributed by atoms with Gasteiger partial charge in [0.25, 0.3) is 5.91 Å². The molecule has 6 heteroatoms. The molecule has 0 atom stereocenters. The van der Waals surface area contributed by atoms with Crippen molar-refractivity contribution in [2.45, 2.75) is 25.7 Å². The first-order valence-electron chi connectivity index (χ1n) is 8.12. The molecular weight excluding hydrogens is 298 g/mol. The number of likely N-dealkylation sites (tertiary alicyclic amines) is 1. The number of thiophene rings is 1. The van der Waals surface area contributed by atoms with Crippen LogP contribution in [-0.2, 0) is 0 Å². The molecule has 0 spiro atoms. The molecule has 1 aromatic heterocycles. The van der Waals surface area contributed by atoms with Crippen molar-refractivity contribution in [3.05, 3.63) is 22.4 Å². The van der Waals surface area contributed by atoms with Gasteiger partial charge in [0, 0.05) is 39.3 Å². The summed E-state index contributed by atoms with van der Waals surface area (Å²) in [6, 6.07) is 3.92. The fourth-order valence-electron chi connectivity index (χ4n) is 3.12. The molecule has 3 heterocycles. The van der Waals surface area contributed by atoms with Crippen LogP contribution in [0.5, 0.6) is 0 Å². The van der Waals surface area contributed by atoms with Crippen LogP contribution < -0.4 is 0 Å². The Morgan fingerprint density at radius 1 is 0.818 bits per heavy atom. The second kappa shape index (κ2) is 7.13. The maximum Gasteiger partial charge on any atom is 0.320 e. The van der Waals surface area contributed by atoms with E-state index in [9.17, 15) is 9.59 Å². The maximum atomic E-state index is 12.6. The van der Waals surface area contributed by atoms with Gasteiger partial charge in [0.1, 0.15) is 0 Å². The Morgan fingerprint density at radius 3 is 2.00 bits per heavy atom. The molecule has 3 amide bonds. The molecule has 2 aliphatic heterocycles. The molecule has 0 bridgehead atoms. The van der Waals surface area contributed by atoms with Crippen molar-refractivity contribution < 1.29 is 9.59 Å². The van der Waals surface area contributed by atoms with E-state index in [1.807, 2.05) is 32.2 Å². The van der Waals surface area contributed by atoms with E-state index in [2.05, 4.69) is 0 Å². The standard InChI is InChI=1S/C16H23N3O2S/c20-15(14-6-5-13-22-14)17-9-11-19(12-10-17)16(21)18-7-3-1-2-4-8-18/h5-6,13H,1-4,7-12H2. The van der Waals surface area contributed by atoms with Crippen LogP contribution in [-0.4, -0.2) is 65.9 Å². The highest BCUT2D eigenvalue weighted by Crippen LogP contribution is 2.16. The number of carbonyl (C=O) groups excluding carboxylic acids is 2. The predicted octanol–water partition coefficient (Wildman–Crippen LogP) is 2.50. The van der Waals surface area contributed by atoms with Crippen LogP contribution in [0.1, 0.15) is 35.4 Å². The van der Waals surface area contributed by atoms with Crippen molar-refractivity contribution in [3.8, 4) is 0 Å². The minimum atomic E-state index is 0.0943. The van der Waals surface area contributed by atoms with E-state index in [-0.39, 0.29) is 11.9 Å². The molecule has 0 N–H and O–H groups in total. The van der Waals surface area contributed by atoms with Crippen molar-refractivity contribution in [2.75, 3.05) is 39.3 Å². The molecule has 0 aromatic carbocycles. The summed E-state index contributed by atoms with van der Waals surface area (Å²) in [5.41, 5.74) is 0. The van der Waals surface area contributed by atoms with Gasteiger partial charge in [-0.25, -0.2) is 4.79 Å². The quantitative estimate of drug-likeness (QED) is 0.798. The summed E-state index contributed by atoms with van der Waals surface area (Å²) >= 11 is 1.48. The van der Waals surface area contributed by atoms with Crippen molar-refractivity contribution in [1.29, 1.82) is 0 Å². The highest BCUT2D eigenvalue weighted by atomic mass is 32.1. The van der Waals surface area contributed by atoms with Crippen molar-refractivity contribution in [2.24, 2.45) is 0 Å². The summed E-state index contributed by atoms with van der Waals surface area (Å²) in [7, 11) is 0. The van der Waals surface area contributed by atoms with Crippen molar-refractivity contribution >= 4 is 23.3 Å². The molecule has 0 radical (unpaired) electrons. The van der Waals surface area contributed by atoms with Gasteiger partial charge in [-0.15, -0.1) is 11.3 Å². The Hall–Kier alpha value is -1.56. The highest BCUT2D eigenvalue weighted by molar-refractivity contribution is 7.12. The van der Waals surface area contributed by atoms with Crippen LogP contribution in [0.15, 0.2) is 17.5 Å². The number of nitrogens with zero attached hydrogens (tertiary/aromatic N) is 3. The van der Waals surface area contributed by atoms with Gasteiger partial charge in [0.05, 0.1) is 4.88 Å². The van der Waals surface area contributed by atoms with Gasteiger partial charge in [0.15, 0.2) is 0 Å². The Labute approximate surface area is 135 Å². The summed E-state index contributed by atoms with van der Waals surface area (Å²) < 4.78 is 0. The van der Waals surface area contributed by atoms with Crippen molar-refractivity contribution in [3.63, 3.8) is 0 Å². The maximum absolute atomic E-state index is 12.6. The van der Waals surface area contributed by atoms with E-state index in [0.29, 0.717) is 26.2 Å².